The van der Waals surface area contributed by atoms with E-state index in [1.807, 2.05) is 72.9 Å². The van der Waals surface area contributed by atoms with Gasteiger partial charge in [-0.2, -0.15) is 5.26 Å². The molecule has 0 fully saturated rings. The van der Waals surface area contributed by atoms with Gasteiger partial charge in [0.2, 0.25) is 0 Å². The summed E-state index contributed by atoms with van der Waals surface area (Å²) in [7, 11) is -1.40. The largest absolute Gasteiger partial charge is 0.501 e. The summed E-state index contributed by atoms with van der Waals surface area (Å²) < 4.78 is 32.7. The SMILES string of the molecule is CC(C)c1cc(-c2ccccc2)cc(C(C)C)c1-n1c(-c2[c-]ccc3c2oc2cc4c(ccc5cccc(C#N)c54)cc23)nc2ccccc21.[2H]C([2H])([2H])c1c[c-]c(-c2ccc([Si](C)(C)C)cn2)cc1-c1ccccc1.[Ir]. The molecule has 0 saturated carbocycles. The fourth-order valence-electron chi connectivity index (χ4n) is 10.1. The van der Waals surface area contributed by atoms with Gasteiger partial charge in [-0.25, -0.2) is 0 Å². The molecule has 0 amide bonds. The monoisotopic (exact) mass is 1160 g/mol. The van der Waals surface area contributed by atoms with E-state index in [4.69, 9.17) is 13.5 Å². The van der Waals surface area contributed by atoms with E-state index in [1.165, 1.54) is 33.1 Å². The van der Waals surface area contributed by atoms with Crippen LogP contribution in [0.3, 0.4) is 0 Å². The van der Waals surface area contributed by atoms with Gasteiger partial charge in [0, 0.05) is 46.9 Å². The van der Waals surface area contributed by atoms with Crippen LogP contribution in [0.2, 0.25) is 19.6 Å². The van der Waals surface area contributed by atoms with Crippen molar-refractivity contribution in [1.29, 1.82) is 5.26 Å². The molecule has 0 N–H and O–H groups in total. The third-order valence-electron chi connectivity index (χ3n) is 14.0. The zero-order valence-corrected chi connectivity index (χ0v) is 45.9. The van der Waals surface area contributed by atoms with Crippen molar-refractivity contribution >= 4 is 67.8 Å². The summed E-state index contributed by atoms with van der Waals surface area (Å²) in [5.41, 5.74) is 14.6. The molecule has 0 unspecified atom stereocenters. The van der Waals surface area contributed by atoms with Crippen LogP contribution in [-0.4, -0.2) is 22.6 Å². The van der Waals surface area contributed by atoms with Crippen LogP contribution >= 0.6 is 0 Å². The zero-order chi connectivity index (χ0) is 53.0. The Morgan fingerprint density at radius 3 is 2.05 bits per heavy atom. The van der Waals surface area contributed by atoms with Gasteiger partial charge in [0.05, 0.1) is 42.1 Å². The molecule has 0 aliphatic carbocycles. The maximum atomic E-state index is 9.96. The third kappa shape index (κ3) is 9.20. The molecule has 365 valence electrons. The van der Waals surface area contributed by atoms with Crippen LogP contribution in [0.4, 0.5) is 0 Å². The van der Waals surface area contributed by atoms with Gasteiger partial charge in [-0.3, -0.25) is 4.98 Å². The Bertz CT molecular complexity index is 4180. The number of nitriles is 1. The molecule has 7 heteroatoms. The topological polar surface area (TPSA) is 67.6 Å². The van der Waals surface area contributed by atoms with Crippen molar-refractivity contribution in [3.8, 4) is 56.7 Å². The summed E-state index contributed by atoms with van der Waals surface area (Å²) in [6.07, 6.45) is 1.94. The molecule has 74 heavy (non-hydrogen) atoms. The van der Waals surface area contributed by atoms with E-state index in [0.717, 1.165) is 82.7 Å². The van der Waals surface area contributed by atoms with Crippen molar-refractivity contribution < 1.29 is 28.6 Å². The Morgan fingerprint density at radius 1 is 0.676 bits per heavy atom. The average Bonchev–Trinajstić information content (AvgIpc) is 4.06. The van der Waals surface area contributed by atoms with Crippen molar-refractivity contribution in [1.82, 2.24) is 14.5 Å². The van der Waals surface area contributed by atoms with E-state index in [1.54, 1.807) is 6.07 Å². The van der Waals surface area contributed by atoms with Crippen LogP contribution in [0.1, 0.15) is 65.9 Å². The number of hydrogen-bond donors (Lipinski definition) is 0. The zero-order valence-electron chi connectivity index (χ0n) is 45.5. The number of benzene rings is 9. The van der Waals surface area contributed by atoms with Crippen LogP contribution in [0.15, 0.2) is 187 Å². The molecule has 9 aromatic carbocycles. The molecular formula is C67H56IrN4OSi-2. The second-order valence-electron chi connectivity index (χ2n) is 20.5. The van der Waals surface area contributed by atoms with Crippen LogP contribution in [0, 0.1) is 30.3 Å². The van der Waals surface area contributed by atoms with Crippen molar-refractivity contribution in [2.45, 2.75) is 66.0 Å². The first-order chi connectivity index (χ1) is 36.6. The second-order valence-corrected chi connectivity index (χ2v) is 25.6. The molecule has 0 atom stereocenters. The van der Waals surface area contributed by atoms with E-state index in [2.05, 4.69) is 178 Å². The number of rotatable bonds is 8. The molecular weight excluding hydrogens is 1100 g/mol. The Balaban J connectivity index is 0.000000211. The fourth-order valence-corrected chi connectivity index (χ4v) is 11.2. The Morgan fingerprint density at radius 2 is 1.38 bits per heavy atom. The van der Waals surface area contributed by atoms with Crippen LogP contribution in [-0.2, 0) is 20.1 Å². The predicted molar refractivity (Wildman–Crippen MR) is 308 cm³/mol. The minimum atomic E-state index is -2.19. The van der Waals surface area contributed by atoms with Crippen molar-refractivity contribution in [2.75, 3.05) is 0 Å². The van der Waals surface area contributed by atoms with Gasteiger partial charge >= 0.3 is 0 Å². The molecule has 3 heterocycles. The molecule has 12 rings (SSSR count). The normalized spacial score (nSPS) is 12.4. The fraction of sp³-hybridized carbons (Fsp3) is 0.149. The van der Waals surface area contributed by atoms with Crippen LogP contribution in [0.5, 0.6) is 0 Å². The van der Waals surface area contributed by atoms with Crippen molar-refractivity contribution in [3.05, 3.63) is 217 Å². The average molecular weight is 1160 g/mol. The number of aryl methyl sites for hydroxylation is 1. The van der Waals surface area contributed by atoms with E-state index < -0.39 is 14.9 Å². The maximum Gasteiger partial charge on any atom is 0.121 e. The van der Waals surface area contributed by atoms with E-state index >= 15 is 0 Å². The molecule has 1 radical (unpaired) electrons. The van der Waals surface area contributed by atoms with Gasteiger partial charge in [0.25, 0.3) is 0 Å². The number of hydrogen-bond acceptors (Lipinski definition) is 4. The predicted octanol–water partition coefficient (Wildman–Crippen LogP) is 17.6. The molecule has 12 aromatic rings. The van der Waals surface area contributed by atoms with Crippen LogP contribution < -0.4 is 5.19 Å². The van der Waals surface area contributed by atoms with Gasteiger partial charge in [0.15, 0.2) is 0 Å². The summed E-state index contributed by atoms with van der Waals surface area (Å²) in [5.74, 6) is 1.31. The number of para-hydroxylation sites is 2. The first-order valence-electron chi connectivity index (χ1n) is 26.5. The van der Waals surface area contributed by atoms with Crippen molar-refractivity contribution in [3.63, 3.8) is 0 Å². The van der Waals surface area contributed by atoms with Gasteiger partial charge in [0.1, 0.15) is 5.58 Å². The summed E-state index contributed by atoms with van der Waals surface area (Å²) in [4.78, 5) is 9.92. The number of fused-ring (bicyclic) bond motifs is 7. The summed E-state index contributed by atoms with van der Waals surface area (Å²) in [6.45, 7) is 13.8. The van der Waals surface area contributed by atoms with Gasteiger partial charge < -0.3 is 14.0 Å². The Kier molecular flexibility index (Phi) is 12.6. The number of imidazole rings is 1. The molecule has 0 saturated heterocycles. The standard InChI is InChI=1S/C46H34N3O.C21H22NSi.Ir/c1-27(2)36-23-33(29-12-6-5-7-13-29)24-37(28(3)4)44(36)49-41-19-9-8-18-40(41)48-46(49)35-17-11-16-34-39-22-31-21-20-30-14-10-15-32(26-47)43(30)38(31)25-42(39)50-45(34)35;1-16-10-11-18(14-20(16)17-8-6-5-7-9-17)21-13-12-19(15-22-21)23(2,3)4;/h5-16,18-25,27-28H,1-4H3;5-10,12-15H,1-4H3;/q2*-1;/i;1D3;. The molecule has 3 aromatic heterocycles. The molecule has 0 aliphatic heterocycles. The number of furan rings is 1. The maximum absolute atomic E-state index is 9.96. The summed E-state index contributed by atoms with van der Waals surface area (Å²) in [6, 6.07) is 68.5. The summed E-state index contributed by atoms with van der Waals surface area (Å²) >= 11 is 0. The molecule has 0 bridgehead atoms. The minimum Gasteiger partial charge on any atom is -0.501 e. The molecule has 5 nitrogen and oxygen atoms in total. The van der Waals surface area contributed by atoms with Crippen LogP contribution in [0.25, 0.3) is 105 Å². The van der Waals surface area contributed by atoms with Gasteiger partial charge in [-0.1, -0.05) is 180 Å². The first-order valence-corrected chi connectivity index (χ1v) is 28.5. The molecule has 0 spiro atoms. The van der Waals surface area contributed by atoms with E-state index in [9.17, 15) is 5.26 Å². The second kappa shape index (κ2) is 20.3. The van der Waals surface area contributed by atoms with Crippen molar-refractivity contribution in [2.24, 2.45) is 0 Å². The minimum absolute atomic E-state index is 0. The third-order valence-corrected chi connectivity index (χ3v) is 16.0. The first kappa shape index (κ1) is 46.1. The number of nitrogens with zero attached hydrogens (tertiary/aromatic N) is 4. The number of aromatic nitrogens is 3. The number of pyridine rings is 1. The smallest absolute Gasteiger partial charge is 0.121 e. The molecule has 0 aliphatic rings. The summed E-state index contributed by atoms with van der Waals surface area (Å²) in [5, 5.41) is 17.3. The Labute approximate surface area is 452 Å². The quantitative estimate of drug-likeness (QED) is 0.0864. The van der Waals surface area contributed by atoms with Gasteiger partial charge in [-0.15, -0.1) is 47.5 Å². The van der Waals surface area contributed by atoms with E-state index in [-0.39, 0.29) is 31.9 Å². The van der Waals surface area contributed by atoms with E-state index in [0.29, 0.717) is 16.7 Å². The Hall–Kier alpha value is -7.72. The van der Waals surface area contributed by atoms with Gasteiger partial charge in [-0.05, 0) is 109 Å².